The summed E-state index contributed by atoms with van der Waals surface area (Å²) in [5, 5.41) is 13.1. The molecule has 0 amide bonds. The molecule has 0 spiro atoms. The Balaban J connectivity index is 1.89. The second-order valence-corrected chi connectivity index (χ2v) is 6.41. The number of nitrogens with zero attached hydrogens (tertiary/aromatic N) is 3. The van der Waals surface area contributed by atoms with Crippen LogP contribution in [0.5, 0.6) is 0 Å². The van der Waals surface area contributed by atoms with Crippen molar-refractivity contribution in [1.82, 2.24) is 14.8 Å². The standard InChI is InChI=1S/C19H22N4S/c1-4-15-11-10-14(2)12-17(15)20-13-18-21-22-19(24-3)23(18)16-8-6-5-7-9-16/h5-12,20H,4,13H2,1-3H3. The van der Waals surface area contributed by atoms with Gasteiger partial charge in [-0.05, 0) is 48.9 Å². The van der Waals surface area contributed by atoms with E-state index in [0.717, 1.165) is 23.1 Å². The fourth-order valence-electron chi connectivity index (χ4n) is 2.72. The highest BCUT2D eigenvalue weighted by molar-refractivity contribution is 7.98. The number of rotatable bonds is 6. The highest BCUT2D eigenvalue weighted by Gasteiger charge is 2.13. The number of hydrogen-bond acceptors (Lipinski definition) is 4. The molecule has 0 saturated heterocycles. The van der Waals surface area contributed by atoms with Gasteiger partial charge in [-0.2, -0.15) is 0 Å². The minimum Gasteiger partial charge on any atom is -0.377 e. The smallest absolute Gasteiger partial charge is 0.195 e. The monoisotopic (exact) mass is 338 g/mol. The van der Waals surface area contributed by atoms with Crippen molar-refractivity contribution >= 4 is 17.4 Å². The molecule has 3 rings (SSSR count). The van der Waals surface area contributed by atoms with Crippen LogP contribution in [0.2, 0.25) is 0 Å². The zero-order chi connectivity index (χ0) is 16.9. The summed E-state index contributed by atoms with van der Waals surface area (Å²) >= 11 is 1.60. The zero-order valence-electron chi connectivity index (χ0n) is 14.3. The van der Waals surface area contributed by atoms with Crippen LogP contribution in [0.25, 0.3) is 5.69 Å². The van der Waals surface area contributed by atoms with Gasteiger partial charge in [-0.25, -0.2) is 0 Å². The van der Waals surface area contributed by atoms with Crippen LogP contribution in [0.15, 0.2) is 53.7 Å². The number of para-hydroxylation sites is 1. The molecular formula is C19H22N4S. The first-order valence-corrected chi connectivity index (χ1v) is 9.32. The van der Waals surface area contributed by atoms with E-state index in [-0.39, 0.29) is 0 Å². The van der Waals surface area contributed by atoms with Crippen LogP contribution in [0.1, 0.15) is 23.9 Å². The molecule has 0 saturated carbocycles. The van der Waals surface area contributed by atoms with E-state index in [0.29, 0.717) is 6.54 Å². The number of hydrogen-bond donors (Lipinski definition) is 1. The maximum Gasteiger partial charge on any atom is 0.195 e. The van der Waals surface area contributed by atoms with E-state index in [4.69, 9.17) is 0 Å². The Morgan fingerprint density at radius 2 is 1.88 bits per heavy atom. The predicted octanol–water partition coefficient (Wildman–Crippen LogP) is 4.47. The van der Waals surface area contributed by atoms with Crippen LogP contribution >= 0.6 is 11.8 Å². The molecule has 2 aromatic carbocycles. The lowest BCUT2D eigenvalue weighted by Gasteiger charge is -2.13. The highest BCUT2D eigenvalue weighted by atomic mass is 32.2. The van der Waals surface area contributed by atoms with E-state index < -0.39 is 0 Å². The molecule has 1 aromatic heterocycles. The molecule has 0 aliphatic carbocycles. The van der Waals surface area contributed by atoms with Crippen LogP contribution in [0, 0.1) is 6.92 Å². The topological polar surface area (TPSA) is 42.7 Å². The van der Waals surface area contributed by atoms with Crippen molar-refractivity contribution in [2.24, 2.45) is 0 Å². The third-order valence-corrected chi connectivity index (χ3v) is 4.61. The van der Waals surface area contributed by atoms with Gasteiger partial charge in [0, 0.05) is 11.4 Å². The van der Waals surface area contributed by atoms with Gasteiger partial charge in [-0.3, -0.25) is 4.57 Å². The summed E-state index contributed by atoms with van der Waals surface area (Å²) in [6.07, 6.45) is 3.03. The Morgan fingerprint density at radius 1 is 1.08 bits per heavy atom. The van der Waals surface area contributed by atoms with Crippen molar-refractivity contribution in [3.05, 3.63) is 65.5 Å². The van der Waals surface area contributed by atoms with E-state index in [2.05, 4.69) is 64.3 Å². The normalized spacial score (nSPS) is 10.8. The van der Waals surface area contributed by atoms with E-state index >= 15 is 0 Å². The molecule has 0 unspecified atom stereocenters. The van der Waals surface area contributed by atoms with Crippen molar-refractivity contribution in [3.63, 3.8) is 0 Å². The quantitative estimate of drug-likeness (QED) is 0.673. The molecular weight excluding hydrogens is 316 g/mol. The third-order valence-electron chi connectivity index (χ3n) is 3.98. The van der Waals surface area contributed by atoms with Crippen LogP contribution in [-0.2, 0) is 13.0 Å². The fraction of sp³-hybridized carbons (Fsp3) is 0.263. The maximum absolute atomic E-state index is 4.39. The molecule has 4 nitrogen and oxygen atoms in total. The molecule has 3 aromatic rings. The van der Waals surface area contributed by atoms with Gasteiger partial charge in [0.15, 0.2) is 11.0 Å². The minimum atomic E-state index is 0.638. The number of nitrogens with one attached hydrogen (secondary N) is 1. The van der Waals surface area contributed by atoms with Crippen LogP contribution in [-0.4, -0.2) is 21.0 Å². The average Bonchev–Trinajstić information content (AvgIpc) is 3.03. The lowest BCUT2D eigenvalue weighted by atomic mass is 10.1. The van der Waals surface area contributed by atoms with Gasteiger partial charge in [0.25, 0.3) is 0 Å². The molecule has 0 fully saturated rings. The molecule has 0 aliphatic heterocycles. The Morgan fingerprint density at radius 3 is 2.58 bits per heavy atom. The average molecular weight is 338 g/mol. The summed E-state index contributed by atoms with van der Waals surface area (Å²) in [5.74, 6) is 0.911. The summed E-state index contributed by atoms with van der Waals surface area (Å²) in [6, 6.07) is 16.8. The summed E-state index contributed by atoms with van der Waals surface area (Å²) in [4.78, 5) is 0. The summed E-state index contributed by atoms with van der Waals surface area (Å²) in [7, 11) is 0. The van der Waals surface area contributed by atoms with Gasteiger partial charge in [-0.15, -0.1) is 10.2 Å². The summed E-state index contributed by atoms with van der Waals surface area (Å²) in [5.41, 5.74) is 4.83. The molecule has 1 heterocycles. The van der Waals surface area contributed by atoms with Crippen LogP contribution < -0.4 is 5.32 Å². The van der Waals surface area contributed by atoms with Crippen molar-refractivity contribution in [2.75, 3.05) is 11.6 Å². The summed E-state index contributed by atoms with van der Waals surface area (Å²) < 4.78 is 2.11. The molecule has 0 aliphatic rings. The molecule has 0 bridgehead atoms. The fourth-order valence-corrected chi connectivity index (χ4v) is 3.24. The van der Waals surface area contributed by atoms with Crippen molar-refractivity contribution in [2.45, 2.75) is 32.0 Å². The predicted molar refractivity (Wildman–Crippen MR) is 101 cm³/mol. The highest BCUT2D eigenvalue weighted by Crippen LogP contribution is 2.22. The van der Waals surface area contributed by atoms with E-state index in [1.54, 1.807) is 11.8 Å². The number of anilines is 1. The number of benzene rings is 2. The first kappa shape index (κ1) is 16.6. The second-order valence-electron chi connectivity index (χ2n) is 5.64. The molecule has 5 heteroatoms. The number of thioether (sulfide) groups is 1. The van der Waals surface area contributed by atoms with Gasteiger partial charge < -0.3 is 5.32 Å². The van der Waals surface area contributed by atoms with Crippen LogP contribution in [0.4, 0.5) is 5.69 Å². The first-order chi connectivity index (χ1) is 11.7. The largest absolute Gasteiger partial charge is 0.377 e. The SMILES string of the molecule is CCc1ccc(C)cc1NCc1nnc(SC)n1-c1ccccc1. The number of aromatic nitrogens is 3. The summed E-state index contributed by atoms with van der Waals surface area (Å²) in [6.45, 7) is 4.93. The van der Waals surface area contributed by atoms with Gasteiger partial charge in [0.1, 0.15) is 0 Å². The van der Waals surface area contributed by atoms with Crippen molar-refractivity contribution in [3.8, 4) is 5.69 Å². The zero-order valence-corrected chi connectivity index (χ0v) is 15.1. The van der Waals surface area contributed by atoms with Gasteiger partial charge in [0.05, 0.1) is 6.54 Å². The Labute approximate surface area is 147 Å². The Hall–Kier alpha value is -2.27. The number of aryl methyl sites for hydroxylation is 2. The van der Waals surface area contributed by atoms with Crippen molar-refractivity contribution in [1.29, 1.82) is 0 Å². The molecule has 0 atom stereocenters. The Bertz CT molecular complexity index is 811. The van der Waals surface area contributed by atoms with E-state index in [1.165, 1.54) is 16.8 Å². The van der Waals surface area contributed by atoms with Gasteiger partial charge in [0.2, 0.25) is 0 Å². The van der Waals surface area contributed by atoms with Crippen LogP contribution in [0.3, 0.4) is 0 Å². The van der Waals surface area contributed by atoms with E-state index in [1.807, 2.05) is 24.5 Å². The van der Waals surface area contributed by atoms with Gasteiger partial charge in [-0.1, -0.05) is 49.0 Å². The van der Waals surface area contributed by atoms with E-state index in [9.17, 15) is 0 Å². The molecule has 124 valence electrons. The Kier molecular flexibility index (Phi) is 5.20. The minimum absolute atomic E-state index is 0.638. The lowest BCUT2D eigenvalue weighted by Crippen LogP contribution is -2.09. The second kappa shape index (κ2) is 7.53. The molecule has 1 N–H and O–H groups in total. The first-order valence-electron chi connectivity index (χ1n) is 8.10. The van der Waals surface area contributed by atoms with Crippen molar-refractivity contribution < 1.29 is 0 Å². The lowest BCUT2D eigenvalue weighted by molar-refractivity contribution is 0.841. The molecule has 0 radical (unpaired) electrons. The maximum atomic E-state index is 4.39. The van der Waals surface area contributed by atoms with Gasteiger partial charge >= 0.3 is 0 Å². The molecule has 24 heavy (non-hydrogen) atoms. The third kappa shape index (κ3) is 3.46.